The molecule has 2 aromatic rings. The maximum atomic E-state index is 11.9. The van der Waals surface area contributed by atoms with E-state index in [2.05, 4.69) is 56.6 Å². The molecule has 230 valence electrons. The first-order valence-electron chi connectivity index (χ1n) is 15.3. The minimum Gasteiger partial charge on any atom is -0.393 e. The van der Waals surface area contributed by atoms with Gasteiger partial charge in [-0.25, -0.2) is 4.98 Å². The van der Waals surface area contributed by atoms with E-state index in [1.165, 1.54) is 41.9 Å². The molecular weight excluding hydrogens is 532 g/mol. The average molecular weight is 587 g/mol. The molecule has 5 N–H and O–H groups in total. The zero-order chi connectivity index (χ0) is 30.4. The summed E-state index contributed by atoms with van der Waals surface area (Å²) in [6.07, 6.45) is 8.77. The average Bonchev–Trinajstić information content (AvgIpc) is 3.37. The Hall–Kier alpha value is -2.49. The van der Waals surface area contributed by atoms with Gasteiger partial charge in [-0.2, -0.15) is 0 Å². The van der Waals surface area contributed by atoms with Crippen LogP contribution in [-0.4, -0.2) is 67.9 Å². The predicted molar refractivity (Wildman–Crippen MR) is 173 cm³/mol. The lowest BCUT2D eigenvalue weighted by molar-refractivity contribution is -0.132. The Bertz CT molecular complexity index is 1120. The Balaban J connectivity index is 0.000000236. The number of aromatic nitrogens is 1. The number of aryl methyl sites for hydroxylation is 1. The smallest absolute Gasteiger partial charge is 0.242 e. The monoisotopic (exact) mass is 586 g/mol. The van der Waals surface area contributed by atoms with Crippen molar-refractivity contribution in [1.29, 1.82) is 0 Å². The van der Waals surface area contributed by atoms with Gasteiger partial charge in [-0.15, -0.1) is 11.3 Å². The van der Waals surface area contributed by atoms with Crippen LogP contribution in [0.2, 0.25) is 0 Å². The molecule has 1 amide bonds. The fourth-order valence-corrected chi connectivity index (χ4v) is 6.05. The van der Waals surface area contributed by atoms with Crippen LogP contribution >= 0.6 is 11.3 Å². The first kappa shape index (κ1) is 34.7. The van der Waals surface area contributed by atoms with Crippen LogP contribution in [0, 0.1) is 17.8 Å². The third kappa shape index (κ3) is 11.4. The number of rotatable bonds is 9. The zero-order valence-electron chi connectivity index (χ0n) is 26.4. The summed E-state index contributed by atoms with van der Waals surface area (Å²) in [4.78, 5) is 31.2. The standard InChI is InChI=1S/C15H17NOS.C11H22N4O.C6H15N/c1-9(2)10-3-4-14-11(5-10)6-12-7-13(8-17)18-15(12)16-14;1-9(6-12-3)14-8-11(16)15-5-4-13-7-10(15)2;1-3-4-6(2)5-7/h6-10H,3-5H2,1-2H3;6,10,12-14H,4-5,7-8H2,1-3H3;6H,3-5,7H2,1-2H3/b;9-6+;. The van der Waals surface area contributed by atoms with Crippen molar-refractivity contribution >= 4 is 33.7 Å². The van der Waals surface area contributed by atoms with Crippen molar-refractivity contribution in [3.63, 3.8) is 0 Å². The zero-order valence-corrected chi connectivity index (χ0v) is 27.2. The van der Waals surface area contributed by atoms with Crippen LogP contribution in [-0.2, 0) is 17.6 Å². The largest absolute Gasteiger partial charge is 0.393 e. The van der Waals surface area contributed by atoms with Gasteiger partial charge in [-0.05, 0) is 81.5 Å². The lowest BCUT2D eigenvalue weighted by Gasteiger charge is -2.34. The van der Waals surface area contributed by atoms with Gasteiger partial charge in [0.05, 0.1) is 11.4 Å². The number of piperazine rings is 1. The van der Waals surface area contributed by atoms with E-state index in [-0.39, 0.29) is 11.9 Å². The molecule has 1 aliphatic carbocycles. The number of nitrogens with zero attached hydrogens (tertiary/aromatic N) is 2. The lowest BCUT2D eigenvalue weighted by atomic mass is 9.80. The van der Waals surface area contributed by atoms with Gasteiger partial charge in [-0.3, -0.25) is 9.59 Å². The van der Waals surface area contributed by atoms with Crippen LogP contribution < -0.4 is 21.7 Å². The summed E-state index contributed by atoms with van der Waals surface area (Å²) < 4.78 is 0. The SMILES string of the molecule is CC(C)C1CCc2nc3sc(C=O)cc3cc2C1.CCCC(C)CN.CN/C=C(\C)NCC(=O)N1CCNCC1C. The van der Waals surface area contributed by atoms with Crippen molar-refractivity contribution in [2.75, 3.05) is 39.8 Å². The Morgan fingerprint density at radius 1 is 1.32 bits per heavy atom. The molecule has 1 aliphatic heterocycles. The Morgan fingerprint density at radius 2 is 2.07 bits per heavy atom. The molecule has 41 heavy (non-hydrogen) atoms. The van der Waals surface area contributed by atoms with Crippen molar-refractivity contribution in [2.24, 2.45) is 23.5 Å². The van der Waals surface area contributed by atoms with Gasteiger partial charge in [0.1, 0.15) is 4.83 Å². The van der Waals surface area contributed by atoms with Crippen LogP contribution in [0.1, 0.15) is 81.7 Å². The third-order valence-electron chi connectivity index (χ3n) is 7.87. The second kappa shape index (κ2) is 18.1. The molecule has 2 aromatic heterocycles. The van der Waals surface area contributed by atoms with Crippen molar-refractivity contribution in [1.82, 2.24) is 25.8 Å². The summed E-state index contributed by atoms with van der Waals surface area (Å²) in [7, 11) is 1.84. The van der Waals surface area contributed by atoms with Gasteiger partial charge in [0.25, 0.3) is 0 Å². The summed E-state index contributed by atoms with van der Waals surface area (Å²) in [5.41, 5.74) is 8.97. The van der Waals surface area contributed by atoms with Crippen molar-refractivity contribution in [3.8, 4) is 0 Å². The van der Waals surface area contributed by atoms with E-state index in [4.69, 9.17) is 10.7 Å². The Labute approximate surface area is 251 Å². The maximum Gasteiger partial charge on any atom is 0.242 e. The molecule has 0 bridgehead atoms. The molecule has 0 spiro atoms. The van der Waals surface area contributed by atoms with Crippen LogP contribution in [0.5, 0.6) is 0 Å². The van der Waals surface area contributed by atoms with E-state index in [9.17, 15) is 9.59 Å². The third-order valence-corrected chi connectivity index (χ3v) is 8.84. The number of hydrogen-bond donors (Lipinski definition) is 4. The second-order valence-corrected chi connectivity index (χ2v) is 12.8. The molecule has 0 radical (unpaired) electrons. The highest BCUT2D eigenvalue weighted by atomic mass is 32.1. The number of aldehydes is 1. The number of pyridine rings is 1. The van der Waals surface area contributed by atoms with E-state index in [0.717, 1.165) is 83.9 Å². The van der Waals surface area contributed by atoms with Crippen molar-refractivity contribution in [3.05, 3.63) is 40.2 Å². The van der Waals surface area contributed by atoms with Crippen LogP contribution in [0.3, 0.4) is 0 Å². The molecule has 0 saturated carbocycles. The molecule has 9 heteroatoms. The normalized spacial score (nSPS) is 19.3. The topological polar surface area (TPSA) is 112 Å². The first-order chi connectivity index (χ1) is 19.6. The number of amides is 1. The maximum absolute atomic E-state index is 11.9. The lowest BCUT2D eigenvalue weighted by Crippen LogP contribution is -2.54. The Morgan fingerprint density at radius 3 is 2.66 bits per heavy atom. The second-order valence-electron chi connectivity index (χ2n) is 11.7. The molecule has 8 nitrogen and oxygen atoms in total. The molecule has 1 fully saturated rings. The number of carbonyl (C=O) groups excluding carboxylic acids is 2. The van der Waals surface area contributed by atoms with Crippen molar-refractivity contribution in [2.45, 2.75) is 79.7 Å². The first-order valence-corrected chi connectivity index (χ1v) is 16.1. The predicted octanol–water partition coefficient (Wildman–Crippen LogP) is 4.73. The molecule has 0 aromatic carbocycles. The minimum absolute atomic E-state index is 0.165. The van der Waals surface area contributed by atoms with Crippen molar-refractivity contribution < 1.29 is 9.59 Å². The molecule has 1 saturated heterocycles. The summed E-state index contributed by atoms with van der Waals surface area (Å²) in [5.74, 6) is 2.41. The van der Waals surface area contributed by atoms with Gasteiger partial charge in [0, 0.05) is 55.7 Å². The quantitative estimate of drug-likeness (QED) is 0.314. The molecule has 4 rings (SSSR count). The summed E-state index contributed by atoms with van der Waals surface area (Å²) in [5, 5.41) is 10.4. The highest BCUT2D eigenvalue weighted by molar-refractivity contribution is 7.20. The summed E-state index contributed by atoms with van der Waals surface area (Å²) in [6.45, 7) is 16.8. The fourth-order valence-electron chi connectivity index (χ4n) is 5.20. The molecule has 3 atom stereocenters. The van der Waals surface area contributed by atoms with Gasteiger partial charge < -0.3 is 26.6 Å². The van der Waals surface area contributed by atoms with E-state index >= 15 is 0 Å². The van der Waals surface area contributed by atoms with Crippen LogP contribution in [0.4, 0.5) is 0 Å². The van der Waals surface area contributed by atoms with Crippen LogP contribution in [0.25, 0.3) is 10.2 Å². The molecular formula is C32H54N6O2S. The van der Waals surface area contributed by atoms with Gasteiger partial charge in [-0.1, -0.05) is 34.1 Å². The number of thiophene rings is 1. The number of carbonyl (C=O) groups is 2. The number of allylic oxidation sites excluding steroid dienone is 1. The minimum atomic E-state index is 0.165. The van der Waals surface area contributed by atoms with Gasteiger partial charge in [0.2, 0.25) is 5.91 Å². The fraction of sp³-hybridized carbons (Fsp3) is 0.656. The van der Waals surface area contributed by atoms with E-state index in [1.54, 1.807) is 0 Å². The Kier molecular flexibility index (Phi) is 15.4. The van der Waals surface area contributed by atoms with Gasteiger partial charge in [0.15, 0.2) is 6.29 Å². The summed E-state index contributed by atoms with van der Waals surface area (Å²) in [6, 6.07) is 4.49. The number of hydrogen-bond acceptors (Lipinski definition) is 8. The summed E-state index contributed by atoms with van der Waals surface area (Å²) >= 11 is 1.50. The molecule has 3 heterocycles. The van der Waals surface area contributed by atoms with E-state index in [0.29, 0.717) is 6.54 Å². The molecule has 3 unspecified atom stereocenters. The number of nitrogens with one attached hydrogen (secondary N) is 3. The van der Waals surface area contributed by atoms with E-state index in [1.807, 2.05) is 31.1 Å². The van der Waals surface area contributed by atoms with Crippen LogP contribution in [0.15, 0.2) is 24.0 Å². The number of nitrogens with two attached hydrogens (primary N) is 1. The highest BCUT2D eigenvalue weighted by Crippen LogP contribution is 2.33. The van der Waals surface area contributed by atoms with Gasteiger partial charge >= 0.3 is 0 Å². The van der Waals surface area contributed by atoms with E-state index < -0.39 is 0 Å². The highest BCUT2D eigenvalue weighted by Gasteiger charge is 2.23. The molecule has 2 aliphatic rings. The number of fused-ring (bicyclic) bond motifs is 2.